The van der Waals surface area contributed by atoms with Crippen molar-refractivity contribution in [3.05, 3.63) is 54.0 Å². The molecule has 1 N–H and O–H groups in total. The number of rotatable bonds is 7. The Bertz CT molecular complexity index is 620. The number of hydrogen-bond acceptors (Lipinski definition) is 3. The van der Waals surface area contributed by atoms with Gasteiger partial charge < -0.3 is 10.2 Å². The van der Waals surface area contributed by atoms with Gasteiger partial charge in [0.05, 0.1) is 5.56 Å². The van der Waals surface area contributed by atoms with Gasteiger partial charge >= 0.3 is 0 Å². The second kappa shape index (κ2) is 8.27. The minimum absolute atomic E-state index is 0.256. The summed E-state index contributed by atoms with van der Waals surface area (Å²) in [5, 5.41) is 2.73. The highest BCUT2D eigenvalue weighted by Crippen LogP contribution is 2.14. The zero-order chi connectivity index (χ0) is 16.7. The van der Waals surface area contributed by atoms with Crippen LogP contribution in [0.2, 0.25) is 0 Å². The molecular weight excluding hydrogens is 293 g/mol. The van der Waals surface area contributed by atoms with E-state index >= 15 is 0 Å². The van der Waals surface area contributed by atoms with Crippen LogP contribution >= 0.6 is 0 Å². The van der Waals surface area contributed by atoms with E-state index in [0.29, 0.717) is 11.3 Å². The number of carbonyl (C=O) groups excluding carboxylic acids is 1. The first-order valence-corrected chi connectivity index (χ1v) is 7.92. The van der Waals surface area contributed by atoms with Gasteiger partial charge in [0, 0.05) is 25.0 Å². The number of pyridine rings is 1. The van der Waals surface area contributed by atoms with Gasteiger partial charge in [0.1, 0.15) is 11.6 Å². The molecule has 0 aliphatic heterocycles. The van der Waals surface area contributed by atoms with Gasteiger partial charge in [0.25, 0.3) is 5.91 Å². The predicted molar refractivity (Wildman–Crippen MR) is 91.4 cm³/mol. The normalized spacial score (nSPS) is 10.4. The van der Waals surface area contributed by atoms with Crippen LogP contribution in [0.1, 0.15) is 37.0 Å². The van der Waals surface area contributed by atoms with E-state index in [-0.39, 0.29) is 11.7 Å². The van der Waals surface area contributed by atoms with Crippen molar-refractivity contribution < 1.29 is 9.18 Å². The molecule has 5 heteroatoms. The maximum Gasteiger partial charge on any atom is 0.257 e. The van der Waals surface area contributed by atoms with Gasteiger partial charge in [-0.15, -0.1) is 0 Å². The van der Waals surface area contributed by atoms with Crippen molar-refractivity contribution in [1.82, 2.24) is 4.98 Å². The Labute approximate surface area is 136 Å². The average molecular weight is 315 g/mol. The lowest BCUT2D eigenvalue weighted by Crippen LogP contribution is -2.26. The molecule has 4 nitrogen and oxygen atoms in total. The van der Waals surface area contributed by atoms with Gasteiger partial charge in [0.2, 0.25) is 0 Å². The Morgan fingerprint density at radius 2 is 1.74 bits per heavy atom. The molecule has 122 valence electrons. The zero-order valence-electron chi connectivity index (χ0n) is 13.6. The summed E-state index contributed by atoms with van der Waals surface area (Å²) >= 11 is 0. The predicted octanol–water partition coefficient (Wildman–Crippen LogP) is 4.10. The van der Waals surface area contributed by atoms with Crippen LogP contribution in [0, 0.1) is 5.82 Å². The largest absolute Gasteiger partial charge is 0.357 e. The van der Waals surface area contributed by atoms with Crippen LogP contribution < -0.4 is 10.2 Å². The van der Waals surface area contributed by atoms with Crippen LogP contribution in [0.5, 0.6) is 0 Å². The Balaban J connectivity index is 2.05. The maximum atomic E-state index is 12.9. The summed E-state index contributed by atoms with van der Waals surface area (Å²) in [5.41, 5.74) is 1.03. The van der Waals surface area contributed by atoms with Gasteiger partial charge in [0.15, 0.2) is 0 Å². The topological polar surface area (TPSA) is 45.2 Å². The molecule has 2 rings (SSSR count). The molecule has 2 aromatic rings. The molecule has 0 saturated heterocycles. The van der Waals surface area contributed by atoms with Crippen molar-refractivity contribution in [2.45, 2.75) is 26.7 Å². The Hall–Kier alpha value is -2.43. The third-order valence-electron chi connectivity index (χ3n) is 3.42. The van der Waals surface area contributed by atoms with E-state index < -0.39 is 0 Å². The summed E-state index contributed by atoms with van der Waals surface area (Å²) in [6.07, 6.45) is 3.68. The van der Waals surface area contributed by atoms with E-state index in [1.165, 1.54) is 24.3 Å². The van der Waals surface area contributed by atoms with Crippen LogP contribution in [0.3, 0.4) is 0 Å². The summed E-state index contributed by atoms with van der Waals surface area (Å²) in [4.78, 5) is 18.8. The van der Waals surface area contributed by atoms with E-state index in [2.05, 4.69) is 29.0 Å². The molecule has 23 heavy (non-hydrogen) atoms. The van der Waals surface area contributed by atoms with E-state index in [1.54, 1.807) is 12.3 Å². The summed E-state index contributed by atoms with van der Waals surface area (Å²) in [7, 11) is 0. The molecule has 0 spiro atoms. The van der Waals surface area contributed by atoms with E-state index in [4.69, 9.17) is 0 Å². The number of benzene rings is 1. The number of nitrogens with zero attached hydrogens (tertiary/aromatic N) is 2. The average Bonchev–Trinajstić information content (AvgIpc) is 2.57. The summed E-state index contributed by atoms with van der Waals surface area (Å²) in [6.45, 7) is 6.16. The van der Waals surface area contributed by atoms with Crippen LogP contribution in [-0.2, 0) is 0 Å². The van der Waals surface area contributed by atoms with Crippen LogP contribution in [0.15, 0.2) is 42.6 Å². The third kappa shape index (κ3) is 4.77. The van der Waals surface area contributed by atoms with Crippen LogP contribution in [0.4, 0.5) is 15.9 Å². The fourth-order valence-electron chi connectivity index (χ4n) is 2.32. The SMILES string of the molecule is CCCN(CCC)c1ccc(C(=O)Nc2ccc(F)cc2)cn1. The summed E-state index contributed by atoms with van der Waals surface area (Å²) in [5.74, 6) is 0.293. The van der Waals surface area contributed by atoms with Gasteiger partial charge in [-0.05, 0) is 49.2 Å². The lowest BCUT2D eigenvalue weighted by atomic mass is 10.2. The van der Waals surface area contributed by atoms with Crippen molar-refractivity contribution in [3.8, 4) is 0 Å². The standard InChI is InChI=1S/C18H22FN3O/c1-3-11-22(12-4-2)17-10-5-14(13-20-17)18(23)21-16-8-6-15(19)7-9-16/h5-10,13H,3-4,11-12H2,1-2H3,(H,21,23). The van der Waals surface area contributed by atoms with Gasteiger partial charge in [-0.25, -0.2) is 9.37 Å². The number of anilines is 2. The number of halogens is 1. The molecule has 0 atom stereocenters. The molecular formula is C18H22FN3O. The highest BCUT2D eigenvalue weighted by Gasteiger charge is 2.10. The molecule has 0 bridgehead atoms. The zero-order valence-corrected chi connectivity index (χ0v) is 13.6. The molecule has 0 aliphatic rings. The lowest BCUT2D eigenvalue weighted by Gasteiger charge is -2.22. The number of carbonyl (C=O) groups is 1. The first-order valence-electron chi connectivity index (χ1n) is 7.92. The van der Waals surface area contributed by atoms with Gasteiger partial charge in [-0.3, -0.25) is 4.79 Å². The monoisotopic (exact) mass is 315 g/mol. The smallest absolute Gasteiger partial charge is 0.257 e. The lowest BCUT2D eigenvalue weighted by molar-refractivity contribution is 0.102. The van der Waals surface area contributed by atoms with Crippen LogP contribution in [-0.4, -0.2) is 24.0 Å². The quantitative estimate of drug-likeness (QED) is 0.836. The van der Waals surface area contributed by atoms with Crippen molar-refractivity contribution >= 4 is 17.4 Å². The molecule has 0 radical (unpaired) electrons. The Morgan fingerprint density at radius 3 is 2.26 bits per heavy atom. The number of amides is 1. The summed E-state index contributed by atoms with van der Waals surface area (Å²) < 4.78 is 12.9. The molecule has 0 unspecified atom stereocenters. The van der Waals surface area contributed by atoms with Crippen molar-refractivity contribution in [2.75, 3.05) is 23.3 Å². The first-order chi connectivity index (χ1) is 11.1. The van der Waals surface area contributed by atoms with Crippen molar-refractivity contribution in [2.24, 2.45) is 0 Å². The molecule has 0 saturated carbocycles. The number of aromatic nitrogens is 1. The van der Waals surface area contributed by atoms with Crippen molar-refractivity contribution in [3.63, 3.8) is 0 Å². The third-order valence-corrected chi connectivity index (χ3v) is 3.42. The van der Waals surface area contributed by atoms with Crippen LogP contribution in [0.25, 0.3) is 0 Å². The first kappa shape index (κ1) is 16.9. The summed E-state index contributed by atoms with van der Waals surface area (Å²) in [6, 6.07) is 9.30. The minimum atomic E-state index is -0.332. The van der Waals surface area contributed by atoms with Gasteiger partial charge in [-0.1, -0.05) is 13.8 Å². The Morgan fingerprint density at radius 1 is 1.09 bits per heavy atom. The molecule has 0 fully saturated rings. The number of hydrogen-bond donors (Lipinski definition) is 1. The highest BCUT2D eigenvalue weighted by molar-refractivity contribution is 6.04. The molecule has 1 amide bonds. The van der Waals surface area contributed by atoms with Gasteiger partial charge in [-0.2, -0.15) is 0 Å². The van der Waals surface area contributed by atoms with E-state index in [9.17, 15) is 9.18 Å². The number of nitrogens with one attached hydrogen (secondary N) is 1. The minimum Gasteiger partial charge on any atom is -0.357 e. The Kier molecular flexibility index (Phi) is 6.09. The van der Waals surface area contributed by atoms with E-state index in [1.807, 2.05) is 6.07 Å². The second-order valence-corrected chi connectivity index (χ2v) is 5.35. The van der Waals surface area contributed by atoms with Crippen molar-refractivity contribution in [1.29, 1.82) is 0 Å². The molecule has 0 aliphatic carbocycles. The molecule has 1 aromatic heterocycles. The second-order valence-electron chi connectivity index (χ2n) is 5.35. The fourth-order valence-corrected chi connectivity index (χ4v) is 2.32. The molecule has 1 heterocycles. The van der Waals surface area contributed by atoms with E-state index in [0.717, 1.165) is 31.7 Å². The molecule has 1 aromatic carbocycles. The highest BCUT2D eigenvalue weighted by atomic mass is 19.1. The fraction of sp³-hybridized carbons (Fsp3) is 0.333. The maximum absolute atomic E-state index is 12.9.